The zero-order valence-corrected chi connectivity index (χ0v) is 24.6. The third kappa shape index (κ3) is 8.34. The molecule has 1 aromatic carbocycles. The molecule has 0 heterocycles. The lowest BCUT2D eigenvalue weighted by molar-refractivity contribution is -0.142. The third-order valence-electron chi connectivity index (χ3n) is 7.10. The van der Waals surface area contributed by atoms with E-state index >= 15 is 0 Å². The van der Waals surface area contributed by atoms with Crippen LogP contribution in [0.2, 0.25) is 0 Å². The Bertz CT molecular complexity index is 957. The van der Waals surface area contributed by atoms with Crippen molar-refractivity contribution in [1.29, 1.82) is 0 Å². The maximum atomic E-state index is 13.9. The highest BCUT2D eigenvalue weighted by Crippen LogP contribution is 2.35. The fourth-order valence-corrected chi connectivity index (χ4v) is 4.68. The fourth-order valence-electron chi connectivity index (χ4n) is 4.68. The standard InChI is InChI=1S/C30H48N2O5/c1-12-23(30(9,10)21-14-16-22(33)17-15-21)26(34)31-25(29(6,7)8)27(35)32(11)24(19(3)4)18-20(5)28(36)37-13-2/h14-19,23-25,33H,12-13H2,1-11H3,(H,31,34)/b20-18+/t23?,24-,25-/m1/s1. The maximum Gasteiger partial charge on any atom is 0.333 e. The molecular weight excluding hydrogens is 468 g/mol. The number of aromatic hydroxyl groups is 1. The number of nitrogens with one attached hydrogen (secondary N) is 1. The van der Waals surface area contributed by atoms with Gasteiger partial charge in [0.05, 0.1) is 12.6 Å². The molecule has 1 rings (SSSR count). The van der Waals surface area contributed by atoms with Crippen molar-refractivity contribution < 1.29 is 24.2 Å². The van der Waals surface area contributed by atoms with Crippen LogP contribution in [0.5, 0.6) is 5.75 Å². The number of carbonyl (C=O) groups excluding carboxylic acids is 3. The summed E-state index contributed by atoms with van der Waals surface area (Å²) >= 11 is 0. The lowest BCUT2D eigenvalue weighted by Crippen LogP contribution is -2.58. The average Bonchev–Trinajstić information content (AvgIpc) is 2.79. The molecule has 0 aliphatic rings. The summed E-state index contributed by atoms with van der Waals surface area (Å²) in [5.74, 6) is -1.01. The quantitative estimate of drug-likeness (QED) is 0.311. The molecule has 0 bridgehead atoms. The van der Waals surface area contributed by atoms with Crippen LogP contribution in [0.3, 0.4) is 0 Å². The molecule has 1 unspecified atom stereocenters. The molecule has 0 saturated carbocycles. The Morgan fingerprint density at radius 2 is 1.59 bits per heavy atom. The molecule has 208 valence electrons. The van der Waals surface area contributed by atoms with Crippen LogP contribution >= 0.6 is 0 Å². The summed E-state index contributed by atoms with van der Waals surface area (Å²) in [6.45, 7) is 19.5. The Labute approximate surface area is 223 Å². The Morgan fingerprint density at radius 3 is 2.03 bits per heavy atom. The summed E-state index contributed by atoms with van der Waals surface area (Å²) in [4.78, 5) is 41.4. The number of nitrogens with zero attached hydrogens (tertiary/aromatic N) is 1. The van der Waals surface area contributed by atoms with E-state index in [1.54, 1.807) is 44.0 Å². The van der Waals surface area contributed by atoms with E-state index in [0.717, 1.165) is 5.56 Å². The van der Waals surface area contributed by atoms with Crippen LogP contribution in [-0.2, 0) is 24.5 Å². The number of rotatable bonds is 11. The highest BCUT2D eigenvalue weighted by molar-refractivity contribution is 5.90. The number of benzene rings is 1. The van der Waals surface area contributed by atoms with Crippen molar-refractivity contribution in [3.63, 3.8) is 0 Å². The van der Waals surface area contributed by atoms with Gasteiger partial charge < -0.3 is 20.1 Å². The minimum Gasteiger partial charge on any atom is -0.508 e. The molecule has 7 heteroatoms. The van der Waals surface area contributed by atoms with Gasteiger partial charge in [0.1, 0.15) is 11.8 Å². The second-order valence-corrected chi connectivity index (χ2v) is 11.8. The number of carbonyl (C=O) groups is 3. The lowest BCUT2D eigenvalue weighted by Gasteiger charge is -2.39. The van der Waals surface area contributed by atoms with E-state index in [1.165, 1.54) is 0 Å². The fraction of sp³-hybridized carbons (Fsp3) is 0.633. The SMILES string of the molecule is CCOC(=O)/C(C)=C/[C@H](C(C)C)N(C)C(=O)[C@@H](NC(=O)C(CC)C(C)(C)c1ccc(O)cc1)C(C)(C)C. The molecule has 3 atom stereocenters. The smallest absolute Gasteiger partial charge is 0.333 e. The topological polar surface area (TPSA) is 95.9 Å². The van der Waals surface area contributed by atoms with Gasteiger partial charge in [-0.2, -0.15) is 0 Å². The van der Waals surface area contributed by atoms with Crippen LogP contribution in [0.1, 0.15) is 81.2 Å². The Hall–Kier alpha value is -2.83. The van der Waals surface area contributed by atoms with E-state index in [9.17, 15) is 19.5 Å². The van der Waals surface area contributed by atoms with Crippen LogP contribution in [0.25, 0.3) is 0 Å². The number of phenolic OH excluding ortho intramolecular Hbond substituents is 1. The molecule has 0 aliphatic carbocycles. The molecule has 2 N–H and O–H groups in total. The summed E-state index contributed by atoms with van der Waals surface area (Å²) < 4.78 is 5.11. The molecule has 37 heavy (non-hydrogen) atoms. The first-order chi connectivity index (χ1) is 17.0. The molecule has 0 aliphatic heterocycles. The predicted molar refractivity (Wildman–Crippen MR) is 148 cm³/mol. The minimum absolute atomic E-state index is 0.0338. The van der Waals surface area contributed by atoms with Crippen LogP contribution in [0.4, 0.5) is 0 Å². The maximum absolute atomic E-state index is 13.9. The Kier molecular flexibility index (Phi) is 11.4. The van der Waals surface area contributed by atoms with Crippen molar-refractivity contribution in [2.75, 3.05) is 13.7 Å². The summed E-state index contributed by atoms with van der Waals surface area (Å²) in [5, 5.41) is 12.8. The van der Waals surface area contributed by atoms with E-state index in [4.69, 9.17) is 4.74 Å². The zero-order chi connectivity index (χ0) is 28.7. The number of likely N-dealkylation sites (N-methyl/N-ethyl adjacent to an activating group) is 1. The summed E-state index contributed by atoms with van der Waals surface area (Å²) in [6, 6.07) is 5.78. The van der Waals surface area contributed by atoms with Crippen LogP contribution in [0, 0.1) is 17.3 Å². The van der Waals surface area contributed by atoms with Crippen LogP contribution < -0.4 is 5.32 Å². The van der Waals surface area contributed by atoms with E-state index in [-0.39, 0.29) is 36.1 Å². The molecule has 2 amide bonds. The van der Waals surface area contributed by atoms with E-state index in [1.807, 2.05) is 67.5 Å². The second kappa shape index (κ2) is 13.1. The first-order valence-electron chi connectivity index (χ1n) is 13.2. The van der Waals surface area contributed by atoms with Crippen molar-refractivity contribution >= 4 is 17.8 Å². The van der Waals surface area contributed by atoms with E-state index < -0.39 is 28.8 Å². The summed E-state index contributed by atoms with van der Waals surface area (Å²) in [5.41, 5.74) is 0.300. The molecular formula is C30H48N2O5. The Balaban J connectivity index is 3.30. The van der Waals surface area contributed by atoms with Gasteiger partial charge in [0.2, 0.25) is 11.8 Å². The summed E-state index contributed by atoms with van der Waals surface area (Å²) in [7, 11) is 1.71. The number of hydrogen-bond acceptors (Lipinski definition) is 5. The van der Waals surface area contributed by atoms with E-state index in [0.29, 0.717) is 12.0 Å². The van der Waals surface area contributed by atoms with Gasteiger partial charge >= 0.3 is 5.97 Å². The number of phenols is 1. The second-order valence-electron chi connectivity index (χ2n) is 11.8. The van der Waals surface area contributed by atoms with Gasteiger partial charge in [0.25, 0.3) is 0 Å². The Morgan fingerprint density at radius 1 is 1.05 bits per heavy atom. The minimum atomic E-state index is -0.771. The largest absolute Gasteiger partial charge is 0.508 e. The number of ether oxygens (including phenoxy) is 1. The van der Waals surface area contributed by atoms with Crippen molar-refractivity contribution in [3.8, 4) is 5.75 Å². The van der Waals surface area contributed by atoms with Crippen molar-refractivity contribution in [2.45, 2.75) is 93.2 Å². The highest BCUT2D eigenvalue weighted by atomic mass is 16.5. The predicted octanol–water partition coefficient (Wildman–Crippen LogP) is 5.22. The zero-order valence-electron chi connectivity index (χ0n) is 24.6. The molecule has 0 aromatic heterocycles. The van der Waals surface area contributed by atoms with Crippen LogP contribution in [0.15, 0.2) is 35.9 Å². The molecule has 1 aromatic rings. The van der Waals surface area contributed by atoms with Crippen molar-refractivity contribution in [3.05, 3.63) is 41.5 Å². The van der Waals surface area contributed by atoms with Gasteiger partial charge in [-0.3, -0.25) is 9.59 Å². The highest BCUT2D eigenvalue weighted by Gasteiger charge is 2.41. The molecule has 0 fully saturated rings. The molecule has 0 spiro atoms. The lowest BCUT2D eigenvalue weighted by atomic mass is 9.71. The number of amides is 2. The van der Waals surface area contributed by atoms with Gasteiger partial charge in [-0.25, -0.2) is 4.79 Å². The van der Waals surface area contributed by atoms with Gasteiger partial charge in [0, 0.05) is 24.0 Å². The first kappa shape index (κ1) is 32.2. The summed E-state index contributed by atoms with van der Waals surface area (Å²) in [6.07, 6.45) is 2.35. The van der Waals surface area contributed by atoms with E-state index in [2.05, 4.69) is 5.32 Å². The number of esters is 1. The molecule has 7 nitrogen and oxygen atoms in total. The van der Waals surface area contributed by atoms with Crippen molar-refractivity contribution in [2.24, 2.45) is 17.3 Å². The number of hydrogen-bond donors (Lipinski definition) is 2. The first-order valence-corrected chi connectivity index (χ1v) is 13.2. The van der Waals surface area contributed by atoms with Crippen LogP contribution in [-0.4, -0.2) is 53.5 Å². The third-order valence-corrected chi connectivity index (χ3v) is 7.10. The van der Waals surface area contributed by atoms with Gasteiger partial charge in [0.15, 0.2) is 0 Å². The monoisotopic (exact) mass is 516 g/mol. The van der Waals surface area contributed by atoms with Crippen molar-refractivity contribution in [1.82, 2.24) is 10.2 Å². The van der Waals surface area contributed by atoms with Gasteiger partial charge in [-0.05, 0) is 49.3 Å². The normalized spacial score (nSPS) is 15.1. The van der Waals surface area contributed by atoms with Gasteiger partial charge in [-0.1, -0.05) is 73.6 Å². The average molecular weight is 517 g/mol. The van der Waals surface area contributed by atoms with Gasteiger partial charge in [-0.15, -0.1) is 0 Å². The molecule has 0 radical (unpaired) electrons. The molecule has 0 saturated heterocycles.